The molecule has 4 rings (SSSR count). The zero-order valence-corrected chi connectivity index (χ0v) is 17.8. The molecule has 2 aromatic carbocycles. The van der Waals surface area contributed by atoms with Crippen molar-refractivity contribution in [2.75, 3.05) is 0 Å². The van der Waals surface area contributed by atoms with E-state index in [4.69, 9.17) is 9.47 Å². The van der Waals surface area contributed by atoms with E-state index in [2.05, 4.69) is 27.0 Å². The first-order valence-corrected chi connectivity index (χ1v) is 10.2. The molecule has 0 N–H and O–H groups in total. The second-order valence-corrected chi connectivity index (χ2v) is 7.13. The predicted molar refractivity (Wildman–Crippen MR) is 119 cm³/mol. The lowest BCUT2D eigenvalue weighted by Crippen LogP contribution is -2.05. The van der Waals surface area contributed by atoms with Crippen LogP contribution in [0.4, 0.5) is 13.2 Å². The van der Waals surface area contributed by atoms with E-state index in [0.29, 0.717) is 5.75 Å². The van der Waals surface area contributed by atoms with Crippen LogP contribution in [0.1, 0.15) is 28.1 Å². The summed E-state index contributed by atoms with van der Waals surface area (Å²) in [6.45, 7) is 0.555. The van der Waals surface area contributed by atoms with Crippen molar-refractivity contribution in [1.82, 2.24) is 15.2 Å². The van der Waals surface area contributed by atoms with E-state index in [0.717, 1.165) is 23.4 Å². The Balaban J connectivity index is 1.54. The van der Waals surface area contributed by atoms with Gasteiger partial charge in [0.15, 0.2) is 5.75 Å². The molecule has 0 saturated heterocycles. The van der Waals surface area contributed by atoms with Gasteiger partial charge in [-0.25, -0.2) is 4.98 Å². The average Bonchev–Trinajstić information content (AvgIpc) is 2.86. The van der Waals surface area contributed by atoms with Crippen LogP contribution in [-0.4, -0.2) is 15.2 Å². The van der Waals surface area contributed by atoms with Gasteiger partial charge < -0.3 is 9.47 Å². The Labute approximate surface area is 194 Å². The first kappa shape index (κ1) is 22.8. The highest BCUT2D eigenvalue weighted by atomic mass is 19.4. The number of nitrogens with zero attached hydrogens (tertiary/aromatic N) is 3. The molecular formula is C26H18F3N3O2. The fourth-order valence-corrected chi connectivity index (χ4v) is 2.85. The molecule has 170 valence electrons. The van der Waals surface area contributed by atoms with Crippen molar-refractivity contribution in [3.63, 3.8) is 0 Å². The molecule has 0 atom stereocenters. The molecule has 0 aliphatic carbocycles. The molecule has 5 nitrogen and oxygen atoms in total. The third-order valence-corrected chi connectivity index (χ3v) is 4.59. The van der Waals surface area contributed by atoms with Gasteiger partial charge in [-0.05, 0) is 35.1 Å². The van der Waals surface area contributed by atoms with Crippen molar-refractivity contribution in [2.24, 2.45) is 0 Å². The van der Waals surface area contributed by atoms with Crippen molar-refractivity contribution in [2.45, 2.75) is 19.4 Å². The smallest absolute Gasteiger partial charge is 0.417 e. The predicted octanol–water partition coefficient (Wildman–Crippen LogP) is 5.45. The van der Waals surface area contributed by atoms with Crippen LogP contribution >= 0.6 is 0 Å². The third kappa shape index (κ3) is 6.33. The van der Waals surface area contributed by atoms with Gasteiger partial charge in [0.2, 0.25) is 0 Å². The van der Waals surface area contributed by atoms with E-state index in [1.807, 2.05) is 60.7 Å². The fraction of sp³-hybridized carbons (Fsp3) is 0.115. The number of hydrogen-bond donors (Lipinski definition) is 0. The van der Waals surface area contributed by atoms with Crippen LogP contribution in [0, 0.1) is 11.8 Å². The number of hydrogen-bond acceptors (Lipinski definition) is 5. The van der Waals surface area contributed by atoms with Gasteiger partial charge in [-0.3, -0.25) is 0 Å². The van der Waals surface area contributed by atoms with Crippen LogP contribution in [0.3, 0.4) is 0 Å². The first-order chi connectivity index (χ1) is 16.5. The lowest BCUT2D eigenvalue weighted by molar-refractivity contribution is -0.137. The average molecular weight is 461 g/mol. The van der Waals surface area contributed by atoms with Gasteiger partial charge in [-0.1, -0.05) is 60.7 Å². The van der Waals surface area contributed by atoms with Crippen LogP contribution < -0.4 is 9.47 Å². The monoisotopic (exact) mass is 461 g/mol. The Bertz CT molecular complexity index is 1280. The van der Waals surface area contributed by atoms with Gasteiger partial charge in [0.25, 0.3) is 5.88 Å². The number of benzene rings is 2. The molecular weight excluding hydrogens is 443 g/mol. The van der Waals surface area contributed by atoms with Crippen molar-refractivity contribution in [1.29, 1.82) is 0 Å². The van der Waals surface area contributed by atoms with E-state index >= 15 is 0 Å². The van der Waals surface area contributed by atoms with E-state index in [1.165, 1.54) is 6.07 Å². The SMILES string of the molecule is FC(F)(F)c1ccc(C#Cc2cc(OCc3ccccc3)c(OCc3ccccc3)nn2)nc1. The summed E-state index contributed by atoms with van der Waals surface area (Å²) in [5.41, 5.74) is 1.50. The molecule has 0 bridgehead atoms. The second kappa shape index (κ2) is 10.5. The molecule has 4 aromatic rings. The Kier molecular flexibility index (Phi) is 7.04. The molecule has 2 heterocycles. The maximum atomic E-state index is 12.7. The molecule has 8 heteroatoms. The highest BCUT2D eigenvalue weighted by Crippen LogP contribution is 2.28. The number of pyridine rings is 1. The van der Waals surface area contributed by atoms with Crippen molar-refractivity contribution in [3.8, 4) is 23.5 Å². The van der Waals surface area contributed by atoms with Gasteiger partial charge in [0, 0.05) is 12.3 Å². The fourth-order valence-electron chi connectivity index (χ4n) is 2.85. The molecule has 0 spiro atoms. The van der Waals surface area contributed by atoms with E-state index in [1.54, 1.807) is 6.07 Å². The minimum Gasteiger partial charge on any atom is -0.483 e. The number of rotatable bonds is 6. The highest BCUT2D eigenvalue weighted by Gasteiger charge is 2.30. The maximum absolute atomic E-state index is 12.7. The number of aromatic nitrogens is 3. The minimum absolute atomic E-state index is 0.172. The zero-order valence-electron chi connectivity index (χ0n) is 17.8. The molecule has 2 aromatic heterocycles. The Morgan fingerprint density at radius 1 is 0.706 bits per heavy atom. The number of ether oxygens (including phenoxy) is 2. The molecule has 0 radical (unpaired) electrons. The topological polar surface area (TPSA) is 57.1 Å². The number of halogens is 3. The van der Waals surface area contributed by atoms with E-state index in [9.17, 15) is 13.2 Å². The van der Waals surface area contributed by atoms with Gasteiger partial charge in [0.05, 0.1) is 5.56 Å². The summed E-state index contributed by atoms with van der Waals surface area (Å²) in [4.78, 5) is 3.74. The van der Waals surface area contributed by atoms with Crippen molar-refractivity contribution < 1.29 is 22.6 Å². The van der Waals surface area contributed by atoms with E-state index in [-0.39, 0.29) is 30.5 Å². The summed E-state index contributed by atoms with van der Waals surface area (Å²) < 4.78 is 49.8. The highest BCUT2D eigenvalue weighted by molar-refractivity contribution is 5.42. The summed E-state index contributed by atoms with van der Waals surface area (Å²) in [7, 11) is 0. The Hall–Kier alpha value is -4.38. The Morgan fingerprint density at radius 2 is 1.32 bits per heavy atom. The molecule has 0 aliphatic heterocycles. The van der Waals surface area contributed by atoms with Crippen LogP contribution in [0.15, 0.2) is 85.1 Å². The maximum Gasteiger partial charge on any atom is 0.417 e. The number of alkyl halides is 3. The van der Waals surface area contributed by atoms with Gasteiger partial charge in [0.1, 0.15) is 24.6 Å². The molecule has 0 unspecified atom stereocenters. The normalized spacial score (nSPS) is 10.8. The largest absolute Gasteiger partial charge is 0.483 e. The van der Waals surface area contributed by atoms with Gasteiger partial charge >= 0.3 is 6.18 Å². The summed E-state index contributed by atoms with van der Waals surface area (Å²) in [5.74, 6) is 6.00. The lowest BCUT2D eigenvalue weighted by Gasteiger charge is -2.11. The van der Waals surface area contributed by atoms with Gasteiger partial charge in [-0.15, -0.1) is 10.2 Å². The van der Waals surface area contributed by atoms with Crippen LogP contribution in [-0.2, 0) is 19.4 Å². The minimum atomic E-state index is -4.45. The Morgan fingerprint density at radius 3 is 1.91 bits per heavy atom. The van der Waals surface area contributed by atoms with Crippen LogP contribution in [0.5, 0.6) is 11.6 Å². The van der Waals surface area contributed by atoms with E-state index < -0.39 is 11.7 Å². The van der Waals surface area contributed by atoms with Crippen LogP contribution in [0.2, 0.25) is 0 Å². The molecule has 0 fully saturated rings. The summed E-state index contributed by atoms with van der Waals surface area (Å²) in [6.07, 6.45) is -3.71. The summed E-state index contributed by atoms with van der Waals surface area (Å²) >= 11 is 0. The second-order valence-electron chi connectivity index (χ2n) is 7.13. The summed E-state index contributed by atoms with van der Waals surface area (Å²) in [6, 6.07) is 22.9. The standard InChI is InChI=1S/C26H18F3N3O2/c27-26(28,29)21-11-12-22(30-16-21)13-14-23-15-24(33-17-19-7-3-1-4-8-19)25(32-31-23)34-18-20-9-5-2-6-10-20/h1-12,15-16H,17-18H2. The molecule has 0 saturated carbocycles. The van der Waals surface area contributed by atoms with Crippen LogP contribution in [0.25, 0.3) is 0 Å². The van der Waals surface area contributed by atoms with Gasteiger partial charge in [-0.2, -0.15) is 13.2 Å². The molecule has 34 heavy (non-hydrogen) atoms. The first-order valence-electron chi connectivity index (χ1n) is 10.2. The van der Waals surface area contributed by atoms with Crippen molar-refractivity contribution >= 4 is 0 Å². The lowest BCUT2D eigenvalue weighted by atomic mass is 10.2. The zero-order chi connectivity index (χ0) is 23.8. The quantitative estimate of drug-likeness (QED) is 0.358. The molecule has 0 amide bonds. The van der Waals surface area contributed by atoms with Crippen molar-refractivity contribution in [3.05, 3.63) is 113 Å². The third-order valence-electron chi connectivity index (χ3n) is 4.59. The molecule has 0 aliphatic rings. The summed E-state index contributed by atoms with van der Waals surface area (Å²) in [5, 5.41) is 8.14.